The molecule has 0 bridgehead atoms. The van der Waals surface area contributed by atoms with E-state index in [4.69, 9.17) is 10.5 Å². The number of hydrogen-bond acceptors (Lipinski definition) is 5. The number of methoxy groups -OCH3 is 1. The lowest BCUT2D eigenvalue weighted by Gasteiger charge is -2.13. The van der Waals surface area contributed by atoms with Crippen molar-refractivity contribution < 1.29 is 9.53 Å². The molecule has 0 atom stereocenters. The predicted octanol–water partition coefficient (Wildman–Crippen LogP) is 6.70. The Hall–Kier alpha value is -5.06. The lowest BCUT2D eigenvalue weighted by molar-refractivity contribution is 0.101. The van der Waals surface area contributed by atoms with Crippen LogP contribution in [0.1, 0.15) is 21.6 Å². The highest BCUT2D eigenvalue weighted by molar-refractivity contribution is 7.18. The topological polar surface area (TPSA) is 82.2 Å². The van der Waals surface area contributed by atoms with Crippen LogP contribution in [-0.4, -0.2) is 22.6 Å². The van der Waals surface area contributed by atoms with Gasteiger partial charge in [0.2, 0.25) is 0 Å². The fourth-order valence-electron chi connectivity index (χ4n) is 4.69. The van der Waals surface area contributed by atoms with Crippen LogP contribution in [0.25, 0.3) is 32.1 Å². The maximum absolute atomic E-state index is 13.2. The molecule has 1 amide bonds. The molecule has 3 N–H and O–H groups in total. The Labute approximate surface area is 229 Å². The van der Waals surface area contributed by atoms with E-state index in [0.29, 0.717) is 22.9 Å². The summed E-state index contributed by atoms with van der Waals surface area (Å²) in [7, 11) is 3.47. The highest BCUT2D eigenvalue weighted by atomic mass is 32.1. The number of carbonyl (C=O) groups excluding carboxylic acids is 1. The van der Waals surface area contributed by atoms with Gasteiger partial charge in [0.15, 0.2) is 0 Å². The molecular formula is C32H24N4O2S. The van der Waals surface area contributed by atoms with Crippen LogP contribution < -0.4 is 15.8 Å². The van der Waals surface area contributed by atoms with Crippen molar-refractivity contribution in [3.8, 4) is 28.7 Å². The molecule has 3 aromatic heterocycles. The Bertz CT molecular complexity index is 1930. The molecule has 0 fully saturated rings. The van der Waals surface area contributed by atoms with Gasteiger partial charge in [0.25, 0.3) is 5.91 Å². The highest BCUT2D eigenvalue weighted by Crippen LogP contribution is 2.40. The van der Waals surface area contributed by atoms with Crippen molar-refractivity contribution in [2.24, 2.45) is 7.05 Å². The van der Waals surface area contributed by atoms with E-state index in [2.05, 4.69) is 27.5 Å². The number of nitrogens with one attached hydrogen (secondary N) is 1. The number of aromatic nitrogens is 2. The molecule has 0 aliphatic carbocycles. The third-order valence-electron chi connectivity index (χ3n) is 6.68. The van der Waals surface area contributed by atoms with Gasteiger partial charge < -0.3 is 20.4 Å². The third kappa shape index (κ3) is 4.48. The van der Waals surface area contributed by atoms with Crippen molar-refractivity contribution in [3.05, 3.63) is 107 Å². The maximum Gasteiger partial charge on any atom is 0.272 e. The molecule has 0 saturated heterocycles. The minimum absolute atomic E-state index is 0.212. The Morgan fingerprint density at radius 1 is 1.03 bits per heavy atom. The van der Waals surface area contributed by atoms with E-state index in [-0.39, 0.29) is 5.91 Å². The summed E-state index contributed by atoms with van der Waals surface area (Å²) in [6.45, 7) is 0. The molecule has 6 rings (SSSR count). The lowest BCUT2D eigenvalue weighted by Crippen LogP contribution is -2.16. The molecule has 3 heterocycles. The van der Waals surface area contributed by atoms with E-state index >= 15 is 0 Å². The molecular weight excluding hydrogens is 504 g/mol. The molecule has 3 aromatic carbocycles. The summed E-state index contributed by atoms with van der Waals surface area (Å²) < 4.78 is 8.54. The number of nitrogens with zero attached hydrogens (tertiary/aromatic N) is 2. The number of fused-ring (bicyclic) bond motifs is 2. The lowest BCUT2D eigenvalue weighted by atomic mass is 10.0. The highest BCUT2D eigenvalue weighted by Gasteiger charge is 2.18. The van der Waals surface area contributed by atoms with Crippen molar-refractivity contribution in [1.29, 1.82) is 0 Å². The molecule has 6 nitrogen and oxygen atoms in total. The number of para-hydroxylation sites is 1. The second-order valence-electron chi connectivity index (χ2n) is 9.04. The molecule has 0 radical (unpaired) electrons. The average Bonchev–Trinajstić information content (AvgIpc) is 3.56. The number of rotatable bonds is 4. The van der Waals surface area contributed by atoms with Gasteiger partial charge in [-0.05, 0) is 47.3 Å². The number of thiophene rings is 1. The minimum Gasteiger partial charge on any atom is -0.495 e. The van der Waals surface area contributed by atoms with Gasteiger partial charge in [0, 0.05) is 40.7 Å². The van der Waals surface area contributed by atoms with Gasteiger partial charge in [-0.25, -0.2) is 4.98 Å². The summed E-state index contributed by atoms with van der Waals surface area (Å²) >= 11 is 1.58. The second kappa shape index (κ2) is 10.0. The Morgan fingerprint density at radius 3 is 2.62 bits per heavy atom. The predicted molar refractivity (Wildman–Crippen MR) is 159 cm³/mol. The van der Waals surface area contributed by atoms with Crippen LogP contribution in [0.5, 0.6) is 5.75 Å². The fraction of sp³-hybridized carbons (Fsp3) is 0.0625. The van der Waals surface area contributed by atoms with Crippen molar-refractivity contribution in [1.82, 2.24) is 9.55 Å². The first-order chi connectivity index (χ1) is 19.0. The monoisotopic (exact) mass is 528 g/mol. The number of hydrogen-bond donors (Lipinski definition) is 2. The zero-order valence-corrected chi connectivity index (χ0v) is 22.2. The Morgan fingerprint density at radius 2 is 1.82 bits per heavy atom. The summed E-state index contributed by atoms with van der Waals surface area (Å²) in [5.41, 5.74) is 12.1. The van der Waals surface area contributed by atoms with Crippen molar-refractivity contribution in [2.75, 3.05) is 18.2 Å². The smallest absolute Gasteiger partial charge is 0.272 e. The van der Waals surface area contributed by atoms with Gasteiger partial charge in [0.1, 0.15) is 17.3 Å². The van der Waals surface area contributed by atoms with Crippen LogP contribution >= 0.6 is 11.3 Å². The fourth-order valence-corrected chi connectivity index (χ4v) is 5.74. The van der Waals surface area contributed by atoms with Gasteiger partial charge in [-0.3, -0.25) is 4.79 Å². The first-order valence-electron chi connectivity index (χ1n) is 12.3. The van der Waals surface area contributed by atoms with Crippen molar-refractivity contribution >= 4 is 49.7 Å². The summed E-state index contributed by atoms with van der Waals surface area (Å²) in [5, 5.41) is 6.92. The normalized spacial score (nSPS) is 10.8. The van der Waals surface area contributed by atoms with Crippen molar-refractivity contribution in [2.45, 2.75) is 0 Å². The number of nitrogens with two attached hydrogens (primary N) is 1. The standard InChI is InChI=1S/C32H24N4O2S/c1-36-26-11-7-6-10-22(26)16-27(36)32(37)35-25-15-14-21(17-28(25)38-2)24-19-39-30-23(18-34-31(33)29(24)30)13-12-20-8-4-3-5-9-20/h3-11,14-19H,1-2H3,(H2,33,34)(H,35,37). The summed E-state index contributed by atoms with van der Waals surface area (Å²) in [5.74, 6) is 7.23. The first-order valence-corrected chi connectivity index (χ1v) is 13.2. The van der Waals surface area contributed by atoms with Crippen LogP contribution in [-0.2, 0) is 7.05 Å². The average molecular weight is 529 g/mol. The molecule has 0 saturated carbocycles. The quantitative estimate of drug-likeness (QED) is 0.250. The van der Waals surface area contributed by atoms with Gasteiger partial charge in [-0.15, -0.1) is 11.3 Å². The van der Waals surface area contributed by atoms with Crippen LogP contribution in [0.15, 0.2) is 90.4 Å². The van der Waals surface area contributed by atoms with Gasteiger partial charge >= 0.3 is 0 Å². The zero-order chi connectivity index (χ0) is 26.9. The van der Waals surface area contributed by atoms with Crippen LogP contribution in [0.2, 0.25) is 0 Å². The third-order valence-corrected chi connectivity index (χ3v) is 7.70. The van der Waals surface area contributed by atoms with E-state index in [1.807, 2.05) is 90.5 Å². The molecule has 0 aliphatic heterocycles. The number of aryl methyl sites for hydroxylation is 1. The number of amides is 1. The molecule has 190 valence electrons. The van der Waals surface area contributed by atoms with Gasteiger partial charge in [-0.2, -0.15) is 0 Å². The maximum atomic E-state index is 13.2. The van der Waals surface area contributed by atoms with Crippen LogP contribution in [0, 0.1) is 11.8 Å². The molecule has 7 heteroatoms. The number of anilines is 2. The number of pyridine rings is 1. The largest absolute Gasteiger partial charge is 0.495 e. The number of benzene rings is 3. The number of ether oxygens (including phenoxy) is 1. The summed E-state index contributed by atoms with van der Waals surface area (Å²) in [4.78, 5) is 17.6. The second-order valence-corrected chi connectivity index (χ2v) is 9.92. The Kier molecular flexibility index (Phi) is 6.23. The molecule has 0 spiro atoms. The summed E-state index contributed by atoms with van der Waals surface area (Å²) in [6, 6.07) is 25.3. The molecule has 39 heavy (non-hydrogen) atoms. The van der Waals surface area contributed by atoms with E-state index < -0.39 is 0 Å². The van der Waals surface area contributed by atoms with E-state index in [9.17, 15) is 4.79 Å². The zero-order valence-electron chi connectivity index (χ0n) is 21.4. The van der Waals surface area contributed by atoms with Gasteiger partial charge in [-0.1, -0.05) is 54.3 Å². The van der Waals surface area contributed by atoms with E-state index in [1.54, 1.807) is 24.6 Å². The van der Waals surface area contributed by atoms with Crippen molar-refractivity contribution in [3.63, 3.8) is 0 Å². The SMILES string of the molecule is COc1cc(-c2csc3c(C#Cc4ccccc4)cnc(N)c23)ccc1NC(=O)c1cc2ccccc2n1C. The van der Waals surface area contributed by atoms with E-state index in [0.717, 1.165) is 43.2 Å². The van der Waals surface area contributed by atoms with Crippen LogP contribution in [0.3, 0.4) is 0 Å². The summed E-state index contributed by atoms with van der Waals surface area (Å²) in [6.07, 6.45) is 1.72. The van der Waals surface area contributed by atoms with Gasteiger partial charge in [0.05, 0.1) is 23.1 Å². The molecule has 0 aliphatic rings. The van der Waals surface area contributed by atoms with Crippen LogP contribution in [0.4, 0.5) is 11.5 Å². The molecule has 6 aromatic rings. The van der Waals surface area contributed by atoms with E-state index in [1.165, 1.54) is 0 Å². The first kappa shape index (κ1) is 24.3. The Balaban J connectivity index is 1.34. The minimum atomic E-state index is -0.212. The number of carbonyl (C=O) groups is 1. The number of nitrogen functional groups attached to an aromatic ring is 1. The molecule has 0 unspecified atom stereocenters.